The molecule has 0 aliphatic carbocycles. The second-order valence-corrected chi connectivity index (χ2v) is 3.48. The number of aromatic nitrogens is 3. The standard InChI is InChI=1S/C6H5N3.C3H8O3S.Li/c1-2-4-6-5(3-1)7-9-8-6;1-2-3-6-7(4)5;/h1-4H,(H,7,8,9);2-3H2,1H3,(H,4,5);/q;;+1/p-1. The summed E-state index contributed by atoms with van der Waals surface area (Å²) in [4.78, 5) is 0. The first-order chi connectivity index (χ1) is 7.74. The third-order valence-electron chi connectivity index (χ3n) is 1.61. The van der Waals surface area contributed by atoms with E-state index in [0.717, 1.165) is 17.5 Å². The fourth-order valence-corrected chi connectivity index (χ4v) is 1.24. The van der Waals surface area contributed by atoms with E-state index in [2.05, 4.69) is 19.6 Å². The zero-order chi connectivity index (χ0) is 11.8. The van der Waals surface area contributed by atoms with Crippen molar-refractivity contribution >= 4 is 22.4 Å². The minimum atomic E-state index is -2.32. The van der Waals surface area contributed by atoms with E-state index in [1.165, 1.54) is 0 Å². The van der Waals surface area contributed by atoms with Gasteiger partial charge in [-0.05, 0) is 18.6 Å². The molecule has 0 aliphatic heterocycles. The second kappa shape index (κ2) is 9.33. The van der Waals surface area contributed by atoms with E-state index in [9.17, 15) is 8.76 Å². The molecule has 1 aromatic carbocycles. The Hall–Kier alpha value is -0.713. The van der Waals surface area contributed by atoms with E-state index in [-0.39, 0.29) is 25.5 Å². The maximum Gasteiger partial charge on any atom is 1.00 e. The molecule has 1 unspecified atom stereocenters. The Bertz CT molecular complexity index is 421. The number of hydrogen-bond acceptors (Lipinski definition) is 5. The molecule has 6 nitrogen and oxygen atoms in total. The van der Waals surface area contributed by atoms with Crippen LogP contribution < -0.4 is 18.9 Å². The van der Waals surface area contributed by atoms with E-state index in [1.807, 2.05) is 31.2 Å². The minimum Gasteiger partial charge on any atom is -0.750 e. The molecule has 1 atom stereocenters. The molecule has 2 aromatic rings. The summed E-state index contributed by atoms with van der Waals surface area (Å²) in [5.74, 6) is 0. The first kappa shape index (κ1) is 16.3. The average molecular weight is 249 g/mol. The Morgan fingerprint density at radius 3 is 2.24 bits per heavy atom. The van der Waals surface area contributed by atoms with Crippen LogP contribution in [0.4, 0.5) is 0 Å². The van der Waals surface area contributed by atoms with E-state index < -0.39 is 11.4 Å². The van der Waals surface area contributed by atoms with Crippen molar-refractivity contribution in [1.82, 2.24) is 15.4 Å². The number of fused-ring (bicyclic) bond motifs is 1. The first-order valence-electron chi connectivity index (χ1n) is 4.72. The maximum absolute atomic E-state index is 9.54. The zero-order valence-electron chi connectivity index (χ0n) is 9.75. The molecule has 0 fully saturated rings. The summed E-state index contributed by atoms with van der Waals surface area (Å²) in [5.41, 5.74) is 1.83. The third kappa shape index (κ3) is 6.56. The number of benzene rings is 1. The molecule has 8 heteroatoms. The smallest absolute Gasteiger partial charge is 0.750 e. The number of hydrogen-bond donors (Lipinski definition) is 1. The summed E-state index contributed by atoms with van der Waals surface area (Å²) in [6, 6.07) is 7.70. The molecule has 0 bridgehead atoms. The Morgan fingerprint density at radius 2 is 1.88 bits per heavy atom. The van der Waals surface area contributed by atoms with Crippen LogP contribution in [-0.2, 0) is 15.5 Å². The molecular formula is C9H12LiN3O3S. The SMILES string of the molecule is CCCOS(=O)[O-].[Li+].c1ccc2n[nH]nc2c1. The number of H-pyrrole nitrogens is 1. The third-order valence-corrected chi connectivity index (χ3v) is 1.97. The monoisotopic (exact) mass is 249 g/mol. The Morgan fingerprint density at radius 1 is 1.35 bits per heavy atom. The van der Waals surface area contributed by atoms with Crippen molar-refractivity contribution in [1.29, 1.82) is 0 Å². The van der Waals surface area contributed by atoms with Gasteiger partial charge in [0.2, 0.25) is 0 Å². The van der Waals surface area contributed by atoms with E-state index in [0.29, 0.717) is 0 Å². The van der Waals surface area contributed by atoms with Crippen LogP contribution in [0.5, 0.6) is 0 Å². The number of para-hydroxylation sites is 2. The molecule has 0 saturated carbocycles. The molecule has 1 N–H and O–H groups in total. The molecule has 0 spiro atoms. The van der Waals surface area contributed by atoms with Gasteiger partial charge in [-0.2, -0.15) is 15.4 Å². The van der Waals surface area contributed by atoms with E-state index in [1.54, 1.807) is 0 Å². The van der Waals surface area contributed by atoms with Gasteiger partial charge in [0.1, 0.15) is 11.0 Å². The van der Waals surface area contributed by atoms with Crippen molar-refractivity contribution in [3.8, 4) is 0 Å². The Labute approximate surface area is 114 Å². The molecule has 0 radical (unpaired) electrons. The molecule has 17 heavy (non-hydrogen) atoms. The Balaban J connectivity index is 0.000000296. The van der Waals surface area contributed by atoms with Gasteiger partial charge < -0.3 is 8.74 Å². The molecule has 0 amide bonds. The topological polar surface area (TPSA) is 90.9 Å². The summed E-state index contributed by atoms with van der Waals surface area (Å²) in [6.07, 6.45) is 0.730. The molecule has 2 rings (SSSR count). The van der Waals surface area contributed by atoms with Crippen molar-refractivity contribution in [3.05, 3.63) is 24.3 Å². The van der Waals surface area contributed by atoms with Crippen LogP contribution in [0.3, 0.4) is 0 Å². The van der Waals surface area contributed by atoms with E-state index in [4.69, 9.17) is 0 Å². The predicted octanol–water partition coefficient (Wildman–Crippen LogP) is -1.83. The average Bonchev–Trinajstić information content (AvgIpc) is 2.75. The first-order valence-corrected chi connectivity index (χ1v) is 5.72. The quantitative estimate of drug-likeness (QED) is 0.510. The van der Waals surface area contributed by atoms with Gasteiger partial charge in [-0.3, -0.25) is 0 Å². The molecule has 0 aliphatic rings. The summed E-state index contributed by atoms with van der Waals surface area (Å²) in [7, 11) is 0. The summed E-state index contributed by atoms with van der Waals surface area (Å²) < 4.78 is 23.2. The van der Waals surface area contributed by atoms with Gasteiger partial charge in [0.15, 0.2) is 0 Å². The fraction of sp³-hybridized carbons (Fsp3) is 0.333. The van der Waals surface area contributed by atoms with Gasteiger partial charge in [-0.1, -0.05) is 19.1 Å². The van der Waals surface area contributed by atoms with Gasteiger partial charge in [0, 0.05) is 0 Å². The molecular weight excluding hydrogens is 237 g/mol. The number of nitrogens with zero attached hydrogens (tertiary/aromatic N) is 2. The summed E-state index contributed by atoms with van der Waals surface area (Å²) in [6.45, 7) is 2.13. The summed E-state index contributed by atoms with van der Waals surface area (Å²) >= 11 is -2.32. The predicted molar refractivity (Wildman–Crippen MR) is 59.1 cm³/mol. The maximum atomic E-state index is 9.54. The van der Waals surface area contributed by atoms with Gasteiger partial charge in [-0.25, -0.2) is 4.21 Å². The van der Waals surface area contributed by atoms with Crippen molar-refractivity contribution < 1.29 is 31.8 Å². The Kier molecular flexibility index (Phi) is 8.94. The molecule has 0 saturated heterocycles. The van der Waals surface area contributed by atoms with Gasteiger partial charge in [0.05, 0.1) is 18.0 Å². The van der Waals surface area contributed by atoms with E-state index >= 15 is 0 Å². The van der Waals surface area contributed by atoms with Crippen LogP contribution >= 0.6 is 0 Å². The normalized spacial score (nSPS) is 11.2. The number of nitrogens with one attached hydrogen (secondary N) is 1. The molecule has 88 valence electrons. The van der Waals surface area contributed by atoms with Crippen molar-refractivity contribution in [2.24, 2.45) is 0 Å². The number of rotatable bonds is 3. The van der Waals surface area contributed by atoms with Gasteiger partial charge >= 0.3 is 18.9 Å². The van der Waals surface area contributed by atoms with Crippen LogP contribution in [0.15, 0.2) is 24.3 Å². The van der Waals surface area contributed by atoms with Gasteiger partial charge in [0.25, 0.3) is 0 Å². The van der Waals surface area contributed by atoms with Crippen LogP contribution in [-0.4, -0.2) is 30.8 Å². The summed E-state index contributed by atoms with van der Waals surface area (Å²) in [5, 5.41) is 10.3. The van der Waals surface area contributed by atoms with Crippen LogP contribution in [0.25, 0.3) is 11.0 Å². The minimum absolute atomic E-state index is 0. The molecule has 1 heterocycles. The zero-order valence-corrected chi connectivity index (χ0v) is 10.6. The van der Waals surface area contributed by atoms with Crippen LogP contribution in [0.1, 0.15) is 13.3 Å². The van der Waals surface area contributed by atoms with Crippen LogP contribution in [0.2, 0.25) is 0 Å². The van der Waals surface area contributed by atoms with Crippen LogP contribution in [0, 0.1) is 0 Å². The van der Waals surface area contributed by atoms with Gasteiger partial charge in [-0.15, -0.1) is 0 Å². The second-order valence-electron chi connectivity index (χ2n) is 2.84. The fourth-order valence-electron chi connectivity index (χ4n) is 0.937. The number of aromatic amines is 1. The van der Waals surface area contributed by atoms with Crippen molar-refractivity contribution in [2.75, 3.05) is 6.61 Å². The van der Waals surface area contributed by atoms with Crippen molar-refractivity contribution in [2.45, 2.75) is 13.3 Å². The molecule has 1 aromatic heterocycles. The largest absolute Gasteiger partial charge is 1.00 e. The van der Waals surface area contributed by atoms with Crippen molar-refractivity contribution in [3.63, 3.8) is 0 Å².